The van der Waals surface area contributed by atoms with Gasteiger partial charge in [0.25, 0.3) is 0 Å². The quantitative estimate of drug-likeness (QED) is 0.377. The van der Waals surface area contributed by atoms with Gasteiger partial charge >= 0.3 is 0 Å². The third-order valence-corrected chi connectivity index (χ3v) is 7.28. The Kier molecular flexibility index (Phi) is 7.65. The van der Waals surface area contributed by atoms with E-state index in [2.05, 4.69) is 45.5 Å². The molecule has 2 saturated heterocycles. The number of nitrogens with one attached hydrogen (secondary N) is 1. The molecular formula is C23H36IN3O. The summed E-state index contributed by atoms with van der Waals surface area (Å²) in [4.78, 5) is 7.17. The molecule has 0 radical (unpaired) electrons. The van der Waals surface area contributed by atoms with Gasteiger partial charge in [0, 0.05) is 45.3 Å². The fourth-order valence-corrected chi connectivity index (χ4v) is 5.53. The highest BCUT2D eigenvalue weighted by Gasteiger charge is 2.40. The fourth-order valence-electron chi connectivity index (χ4n) is 5.53. The van der Waals surface area contributed by atoms with Gasteiger partial charge in [-0.3, -0.25) is 4.99 Å². The summed E-state index contributed by atoms with van der Waals surface area (Å²) >= 11 is 0. The Hall–Kier alpha value is -0.820. The number of hydrogen-bond donors (Lipinski definition) is 1. The number of guanidine groups is 1. The minimum Gasteiger partial charge on any atom is -0.381 e. The number of benzene rings is 1. The molecule has 4 nitrogen and oxygen atoms in total. The first-order valence-corrected chi connectivity index (χ1v) is 10.8. The molecule has 0 unspecified atom stereocenters. The Morgan fingerprint density at radius 2 is 1.75 bits per heavy atom. The van der Waals surface area contributed by atoms with E-state index in [1.165, 1.54) is 50.6 Å². The Morgan fingerprint density at radius 3 is 2.43 bits per heavy atom. The third-order valence-electron chi connectivity index (χ3n) is 7.28. The molecule has 0 bridgehead atoms. The second-order valence-electron chi connectivity index (χ2n) is 8.89. The van der Waals surface area contributed by atoms with E-state index in [-0.39, 0.29) is 29.4 Å². The summed E-state index contributed by atoms with van der Waals surface area (Å²) in [5, 5.41) is 3.76. The molecule has 2 aliphatic heterocycles. The van der Waals surface area contributed by atoms with E-state index in [0.717, 1.165) is 45.1 Å². The summed E-state index contributed by atoms with van der Waals surface area (Å²) in [7, 11) is 1.94. The Bertz CT molecular complexity index is 637. The van der Waals surface area contributed by atoms with Crippen LogP contribution in [0.15, 0.2) is 35.3 Å². The molecule has 3 fully saturated rings. The Balaban J connectivity index is 0.00000225. The smallest absolute Gasteiger partial charge is 0.193 e. The Labute approximate surface area is 187 Å². The summed E-state index contributed by atoms with van der Waals surface area (Å²) < 4.78 is 5.69. The predicted molar refractivity (Wildman–Crippen MR) is 127 cm³/mol. The van der Waals surface area contributed by atoms with Crippen molar-refractivity contribution in [3.8, 4) is 0 Å². The van der Waals surface area contributed by atoms with Gasteiger partial charge < -0.3 is 15.0 Å². The third kappa shape index (κ3) is 4.66. The summed E-state index contributed by atoms with van der Waals surface area (Å²) in [5.41, 5.74) is 2.14. The maximum atomic E-state index is 5.69. The second kappa shape index (κ2) is 9.79. The van der Waals surface area contributed by atoms with E-state index in [1.807, 2.05) is 7.05 Å². The van der Waals surface area contributed by atoms with Crippen LogP contribution in [0.25, 0.3) is 0 Å². The van der Waals surface area contributed by atoms with Crippen molar-refractivity contribution in [2.24, 2.45) is 10.4 Å². The lowest BCUT2D eigenvalue weighted by Crippen LogP contribution is -2.49. The second-order valence-corrected chi connectivity index (χ2v) is 8.89. The van der Waals surface area contributed by atoms with Crippen LogP contribution in [0.1, 0.15) is 56.9 Å². The molecule has 28 heavy (non-hydrogen) atoms. The molecule has 1 saturated carbocycles. The zero-order valence-corrected chi connectivity index (χ0v) is 19.6. The molecule has 1 aliphatic carbocycles. The van der Waals surface area contributed by atoms with Gasteiger partial charge in [0.2, 0.25) is 0 Å². The van der Waals surface area contributed by atoms with Crippen LogP contribution >= 0.6 is 24.0 Å². The average molecular weight is 497 g/mol. The molecule has 2 heterocycles. The van der Waals surface area contributed by atoms with Crippen LogP contribution in [0.4, 0.5) is 0 Å². The fraction of sp³-hybridized carbons (Fsp3) is 0.696. The Morgan fingerprint density at radius 1 is 1.04 bits per heavy atom. The normalized spacial score (nSPS) is 24.0. The molecule has 3 aliphatic rings. The lowest BCUT2D eigenvalue weighted by Gasteiger charge is -2.39. The number of rotatable bonds is 3. The van der Waals surface area contributed by atoms with Crippen molar-refractivity contribution in [3.05, 3.63) is 35.9 Å². The van der Waals surface area contributed by atoms with E-state index >= 15 is 0 Å². The van der Waals surface area contributed by atoms with Crippen LogP contribution in [0.3, 0.4) is 0 Å². The first-order valence-electron chi connectivity index (χ1n) is 10.8. The molecule has 0 aromatic heterocycles. The number of nitrogens with zero attached hydrogens (tertiary/aromatic N) is 2. The molecule has 1 spiro atoms. The highest BCUT2D eigenvalue weighted by molar-refractivity contribution is 14.0. The number of likely N-dealkylation sites (tertiary alicyclic amines) is 1. The molecule has 4 rings (SSSR count). The predicted octanol–water partition coefficient (Wildman–Crippen LogP) is 4.58. The van der Waals surface area contributed by atoms with Crippen LogP contribution < -0.4 is 5.32 Å². The molecule has 5 heteroatoms. The van der Waals surface area contributed by atoms with Gasteiger partial charge in [-0.05, 0) is 43.1 Å². The van der Waals surface area contributed by atoms with Gasteiger partial charge in [0.1, 0.15) is 0 Å². The minimum absolute atomic E-state index is 0. The molecule has 156 valence electrons. The van der Waals surface area contributed by atoms with Crippen molar-refractivity contribution in [1.82, 2.24) is 10.2 Å². The number of aliphatic imine (C=N–C) groups is 1. The number of ether oxygens (including phenoxy) is 1. The first kappa shape index (κ1) is 21.9. The number of halogens is 1. The van der Waals surface area contributed by atoms with Gasteiger partial charge in [-0.1, -0.05) is 49.6 Å². The molecule has 1 aromatic carbocycles. The maximum absolute atomic E-state index is 5.69. The summed E-state index contributed by atoms with van der Waals surface area (Å²) in [6, 6.07) is 11.0. The van der Waals surface area contributed by atoms with Crippen LogP contribution in [0.5, 0.6) is 0 Å². The summed E-state index contributed by atoms with van der Waals surface area (Å²) in [6.07, 6.45) is 10.6. The van der Waals surface area contributed by atoms with Crippen molar-refractivity contribution in [2.75, 3.05) is 39.9 Å². The summed E-state index contributed by atoms with van der Waals surface area (Å²) in [5.74, 6) is 1.10. The topological polar surface area (TPSA) is 36.9 Å². The monoisotopic (exact) mass is 497 g/mol. The molecular weight excluding hydrogens is 461 g/mol. The lowest BCUT2D eigenvalue weighted by molar-refractivity contribution is 0.0512. The summed E-state index contributed by atoms with van der Waals surface area (Å²) in [6.45, 7) is 4.98. The largest absolute Gasteiger partial charge is 0.381 e. The van der Waals surface area contributed by atoms with Gasteiger partial charge in [-0.15, -0.1) is 24.0 Å². The van der Waals surface area contributed by atoms with Crippen LogP contribution in [-0.2, 0) is 10.2 Å². The van der Waals surface area contributed by atoms with Crippen molar-refractivity contribution in [2.45, 2.75) is 56.8 Å². The van der Waals surface area contributed by atoms with Gasteiger partial charge in [0.15, 0.2) is 5.96 Å². The van der Waals surface area contributed by atoms with E-state index in [4.69, 9.17) is 4.74 Å². The SMILES string of the molecule is CN=C(NCC1(c2ccccc2)CCOCC1)N1CCC2(CCCCC2)C1.I. The van der Waals surface area contributed by atoms with Crippen molar-refractivity contribution in [3.63, 3.8) is 0 Å². The van der Waals surface area contributed by atoms with E-state index < -0.39 is 0 Å². The van der Waals surface area contributed by atoms with Crippen LogP contribution in [0.2, 0.25) is 0 Å². The molecule has 0 atom stereocenters. The zero-order valence-electron chi connectivity index (χ0n) is 17.3. The van der Waals surface area contributed by atoms with E-state index in [9.17, 15) is 0 Å². The van der Waals surface area contributed by atoms with Crippen LogP contribution in [0, 0.1) is 5.41 Å². The lowest BCUT2D eigenvalue weighted by atomic mass is 9.73. The first-order chi connectivity index (χ1) is 13.3. The van der Waals surface area contributed by atoms with Crippen LogP contribution in [-0.4, -0.2) is 50.8 Å². The highest BCUT2D eigenvalue weighted by atomic mass is 127. The molecule has 0 amide bonds. The number of hydrogen-bond acceptors (Lipinski definition) is 2. The van der Waals surface area contributed by atoms with Crippen molar-refractivity contribution >= 4 is 29.9 Å². The highest BCUT2D eigenvalue weighted by Crippen LogP contribution is 2.43. The minimum atomic E-state index is 0. The van der Waals surface area contributed by atoms with E-state index in [1.54, 1.807) is 0 Å². The van der Waals surface area contributed by atoms with Gasteiger partial charge in [-0.2, -0.15) is 0 Å². The standard InChI is InChI=1S/C23H35N3O.HI/c1-24-21(26-15-12-22(19-26)10-6-3-7-11-22)25-18-23(13-16-27-17-14-23)20-8-4-2-5-9-20;/h2,4-5,8-9H,3,6-7,10-19H2,1H3,(H,24,25);1H. The van der Waals surface area contributed by atoms with Gasteiger partial charge in [-0.25, -0.2) is 0 Å². The van der Waals surface area contributed by atoms with Gasteiger partial charge in [0.05, 0.1) is 0 Å². The average Bonchev–Trinajstić information content (AvgIpc) is 3.13. The molecule has 1 aromatic rings. The van der Waals surface area contributed by atoms with Crippen molar-refractivity contribution in [1.29, 1.82) is 0 Å². The van der Waals surface area contributed by atoms with E-state index in [0.29, 0.717) is 5.41 Å². The molecule has 1 N–H and O–H groups in total. The zero-order chi connectivity index (χ0) is 18.6. The van der Waals surface area contributed by atoms with Crippen molar-refractivity contribution < 1.29 is 4.74 Å². The maximum Gasteiger partial charge on any atom is 0.193 e.